The molecule has 2 N–H and O–H groups in total. The van der Waals surface area contributed by atoms with Gasteiger partial charge in [-0.05, 0) is 17.9 Å². The van der Waals surface area contributed by atoms with Gasteiger partial charge in [0.15, 0.2) is 0 Å². The minimum atomic E-state index is 0. The molecule has 2 heterocycles. The largest absolute Gasteiger partial charge is 0.496 e. The summed E-state index contributed by atoms with van der Waals surface area (Å²) in [7, 11) is 1.72. The number of hydrogen-bond donors (Lipinski definition) is 1. The Hall–Kier alpha value is -0.290. The lowest BCUT2D eigenvalue weighted by Gasteiger charge is -2.14. The Balaban J connectivity index is 0.00000112. The van der Waals surface area contributed by atoms with Crippen LogP contribution in [0.2, 0.25) is 0 Å². The van der Waals surface area contributed by atoms with Crippen LogP contribution in [0.1, 0.15) is 11.3 Å². The SMILES string of the molecule is COc1ccsc1CN1CCC(N)C1.Cl. The Morgan fingerprint density at radius 3 is 3.07 bits per heavy atom. The molecule has 0 radical (unpaired) electrons. The molecule has 3 nitrogen and oxygen atoms in total. The number of rotatable bonds is 3. The van der Waals surface area contributed by atoms with Crippen molar-refractivity contribution in [2.75, 3.05) is 20.2 Å². The predicted octanol–water partition coefficient (Wildman–Crippen LogP) is 1.71. The highest BCUT2D eigenvalue weighted by atomic mass is 35.5. The number of likely N-dealkylation sites (tertiary alicyclic amines) is 1. The van der Waals surface area contributed by atoms with Crippen LogP contribution in [0.15, 0.2) is 11.4 Å². The zero-order valence-corrected chi connectivity index (χ0v) is 10.4. The van der Waals surface area contributed by atoms with Gasteiger partial charge in [0.2, 0.25) is 0 Å². The van der Waals surface area contributed by atoms with Crippen LogP contribution in [0, 0.1) is 0 Å². The fourth-order valence-electron chi connectivity index (χ4n) is 1.84. The average molecular weight is 249 g/mol. The lowest BCUT2D eigenvalue weighted by atomic mass is 10.3. The number of nitrogens with two attached hydrogens (primary N) is 1. The molecule has 0 amide bonds. The Kier molecular flexibility index (Phi) is 4.86. The van der Waals surface area contributed by atoms with Gasteiger partial charge in [-0.3, -0.25) is 4.90 Å². The zero-order chi connectivity index (χ0) is 9.97. The lowest BCUT2D eigenvalue weighted by Crippen LogP contribution is -2.26. The molecule has 1 unspecified atom stereocenters. The average Bonchev–Trinajstić information content (AvgIpc) is 2.76. The summed E-state index contributed by atoms with van der Waals surface area (Å²) in [6.45, 7) is 3.11. The van der Waals surface area contributed by atoms with Gasteiger partial charge in [0.25, 0.3) is 0 Å². The summed E-state index contributed by atoms with van der Waals surface area (Å²) < 4.78 is 5.27. The van der Waals surface area contributed by atoms with Crippen LogP contribution >= 0.6 is 23.7 Å². The molecule has 0 spiro atoms. The van der Waals surface area contributed by atoms with Gasteiger partial charge in [-0.25, -0.2) is 0 Å². The van der Waals surface area contributed by atoms with Gasteiger partial charge in [0, 0.05) is 25.7 Å². The molecule has 1 fully saturated rings. The molecular formula is C10H17ClN2OS. The van der Waals surface area contributed by atoms with Crippen LogP contribution in [0.4, 0.5) is 0 Å². The number of hydrogen-bond acceptors (Lipinski definition) is 4. The number of nitrogens with zero attached hydrogens (tertiary/aromatic N) is 1. The van der Waals surface area contributed by atoms with Gasteiger partial charge < -0.3 is 10.5 Å². The van der Waals surface area contributed by atoms with E-state index in [-0.39, 0.29) is 12.4 Å². The highest BCUT2D eigenvalue weighted by Crippen LogP contribution is 2.26. The maximum Gasteiger partial charge on any atom is 0.134 e. The van der Waals surface area contributed by atoms with Crippen molar-refractivity contribution in [1.82, 2.24) is 4.90 Å². The molecule has 5 heteroatoms. The molecule has 0 bridgehead atoms. The fourth-order valence-corrected chi connectivity index (χ4v) is 2.72. The van der Waals surface area contributed by atoms with E-state index in [1.54, 1.807) is 18.4 Å². The number of ether oxygens (including phenoxy) is 1. The van der Waals surface area contributed by atoms with E-state index < -0.39 is 0 Å². The van der Waals surface area contributed by atoms with Crippen LogP contribution in [-0.4, -0.2) is 31.1 Å². The van der Waals surface area contributed by atoms with E-state index in [0.29, 0.717) is 6.04 Å². The summed E-state index contributed by atoms with van der Waals surface area (Å²) in [6, 6.07) is 2.39. The first-order valence-corrected chi connectivity index (χ1v) is 5.76. The third-order valence-corrected chi connectivity index (χ3v) is 3.49. The summed E-state index contributed by atoms with van der Waals surface area (Å²) in [5.41, 5.74) is 5.86. The molecule has 15 heavy (non-hydrogen) atoms. The lowest BCUT2D eigenvalue weighted by molar-refractivity contribution is 0.321. The summed E-state index contributed by atoms with van der Waals surface area (Å²) in [4.78, 5) is 3.69. The normalized spacial score (nSPS) is 21.3. The fraction of sp³-hybridized carbons (Fsp3) is 0.600. The van der Waals surface area contributed by atoms with Gasteiger partial charge in [0.05, 0.1) is 12.0 Å². The third kappa shape index (κ3) is 3.08. The topological polar surface area (TPSA) is 38.5 Å². The van der Waals surface area contributed by atoms with Crippen molar-refractivity contribution in [3.8, 4) is 5.75 Å². The molecule has 0 aromatic carbocycles. The highest BCUT2D eigenvalue weighted by Gasteiger charge is 2.20. The number of thiophene rings is 1. The van der Waals surface area contributed by atoms with E-state index in [1.807, 2.05) is 6.07 Å². The van der Waals surface area contributed by atoms with Crippen molar-refractivity contribution in [3.63, 3.8) is 0 Å². The van der Waals surface area contributed by atoms with Gasteiger partial charge in [-0.2, -0.15) is 0 Å². The second kappa shape index (κ2) is 5.70. The second-order valence-electron chi connectivity index (χ2n) is 3.70. The standard InChI is InChI=1S/C10H16N2OS.ClH/c1-13-9-3-5-14-10(9)7-12-4-2-8(11)6-12;/h3,5,8H,2,4,6-7,11H2,1H3;1H. The number of halogens is 1. The van der Waals surface area contributed by atoms with Crippen molar-refractivity contribution >= 4 is 23.7 Å². The van der Waals surface area contributed by atoms with E-state index in [9.17, 15) is 0 Å². The predicted molar refractivity (Wildman–Crippen MR) is 66.0 cm³/mol. The Morgan fingerprint density at radius 2 is 2.47 bits per heavy atom. The van der Waals surface area contributed by atoms with Crippen molar-refractivity contribution in [2.45, 2.75) is 19.0 Å². The van der Waals surface area contributed by atoms with Gasteiger partial charge in [-0.1, -0.05) is 0 Å². The van der Waals surface area contributed by atoms with E-state index in [2.05, 4.69) is 10.3 Å². The first-order valence-electron chi connectivity index (χ1n) is 4.88. The van der Waals surface area contributed by atoms with Crippen LogP contribution in [0.25, 0.3) is 0 Å². The second-order valence-corrected chi connectivity index (χ2v) is 4.70. The highest BCUT2D eigenvalue weighted by molar-refractivity contribution is 7.10. The molecule has 1 atom stereocenters. The maximum atomic E-state index is 5.86. The smallest absolute Gasteiger partial charge is 0.134 e. The Morgan fingerprint density at radius 1 is 1.67 bits per heavy atom. The van der Waals surface area contributed by atoms with E-state index in [0.717, 1.165) is 31.8 Å². The summed E-state index contributed by atoms with van der Waals surface area (Å²) in [5.74, 6) is 1.01. The first kappa shape index (κ1) is 12.8. The third-order valence-electron chi connectivity index (χ3n) is 2.60. The minimum Gasteiger partial charge on any atom is -0.496 e. The molecular weight excluding hydrogens is 232 g/mol. The molecule has 1 aliphatic heterocycles. The summed E-state index contributed by atoms with van der Waals surface area (Å²) in [6.07, 6.45) is 1.12. The summed E-state index contributed by atoms with van der Waals surface area (Å²) in [5, 5.41) is 2.07. The van der Waals surface area contributed by atoms with Crippen molar-refractivity contribution in [3.05, 3.63) is 16.3 Å². The molecule has 0 saturated carbocycles. The molecule has 1 aromatic rings. The molecule has 0 aliphatic carbocycles. The quantitative estimate of drug-likeness (QED) is 0.885. The van der Waals surface area contributed by atoms with E-state index >= 15 is 0 Å². The first-order chi connectivity index (χ1) is 6.79. The molecule has 86 valence electrons. The van der Waals surface area contributed by atoms with Crippen molar-refractivity contribution < 1.29 is 4.74 Å². The van der Waals surface area contributed by atoms with Crippen molar-refractivity contribution in [2.24, 2.45) is 5.73 Å². The summed E-state index contributed by atoms with van der Waals surface area (Å²) >= 11 is 1.75. The molecule has 2 rings (SSSR count). The Labute approximate surface area is 101 Å². The van der Waals surface area contributed by atoms with E-state index in [4.69, 9.17) is 10.5 Å². The van der Waals surface area contributed by atoms with Crippen LogP contribution in [-0.2, 0) is 6.54 Å². The van der Waals surface area contributed by atoms with Gasteiger partial charge in [0.1, 0.15) is 5.75 Å². The molecule has 1 saturated heterocycles. The zero-order valence-electron chi connectivity index (χ0n) is 8.81. The minimum absolute atomic E-state index is 0. The molecule has 1 aromatic heterocycles. The van der Waals surface area contributed by atoms with Crippen LogP contribution in [0.3, 0.4) is 0 Å². The van der Waals surface area contributed by atoms with Crippen LogP contribution < -0.4 is 10.5 Å². The molecule has 1 aliphatic rings. The maximum absolute atomic E-state index is 5.86. The Bertz CT molecular complexity index is 305. The monoisotopic (exact) mass is 248 g/mol. The van der Waals surface area contributed by atoms with Gasteiger partial charge >= 0.3 is 0 Å². The van der Waals surface area contributed by atoms with E-state index in [1.165, 1.54) is 4.88 Å². The van der Waals surface area contributed by atoms with Crippen molar-refractivity contribution in [1.29, 1.82) is 0 Å². The number of methoxy groups -OCH3 is 1. The van der Waals surface area contributed by atoms with Crippen LogP contribution in [0.5, 0.6) is 5.75 Å². The van der Waals surface area contributed by atoms with Gasteiger partial charge in [-0.15, -0.1) is 23.7 Å².